The van der Waals surface area contributed by atoms with Crippen LogP contribution in [-0.2, 0) is 38.6 Å². The van der Waals surface area contributed by atoms with E-state index < -0.39 is 47.0 Å². The molecule has 4 rings (SSSR count). The zero-order valence-corrected chi connectivity index (χ0v) is 21.4. The Labute approximate surface area is 226 Å². The van der Waals surface area contributed by atoms with Crippen molar-refractivity contribution in [2.45, 2.75) is 62.6 Å². The highest BCUT2D eigenvalue weighted by atomic mass is 19.4. The van der Waals surface area contributed by atoms with E-state index in [2.05, 4.69) is 0 Å². The first-order chi connectivity index (χ1) is 18.8. The Bertz CT molecular complexity index is 1210. The molecule has 0 radical (unpaired) electrons. The number of carboxylic acids is 1. The third-order valence-corrected chi connectivity index (χ3v) is 7.87. The predicted octanol–water partition coefficient (Wildman–Crippen LogP) is 7.55. The minimum Gasteiger partial charge on any atom is -0.481 e. The Morgan fingerprint density at radius 3 is 2.42 bits per heavy atom. The summed E-state index contributed by atoms with van der Waals surface area (Å²) in [6, 6.07) is 7.63. The molecule has 0 spiro atoms. The van der Waals surface area contributed by atoms with Gasteiger partial charge in [0.25, 0.3) is 0 Å². The van der Waals surface area contributed by atoms with Gasteiger partial charge in [-0.2, -0.15) is 26.3 Å². The van der Waals surface area contributed by atoms with Crippen molar-refractivity contribution in [3.63, 3.8) is 0 Å². The topological polar surface area (TPSA) is 55.8 Å². The van der Waals surface area contributed by atoms with Crippen LogP contribution in [-0.4, -0.2) is 30.4 Å². The van der Waals surface area contributed by atoms with Crippen molar-refractivity contribution < 1.29 is 50.1 Å². The van der Waals surface area contributed by atoms with E-state index in [-0.39, 0.29) is 42.9 Å². The molecule has 2 aromatic carbocycles. The quantitative estimate of drug-likeness (QED) is 0.171. The number of fused-ring (bicyclic) bond motifs is 2. The first-order valence-corrected chi connectivity index (χ1v) is 12.9. The lowest BCUT2D eigenvalue weighted by atomic mass is 9.69. The summed E-state index contributed by atoms with van der Waals surface area (Å²) in [5.74, 6) is -1.57. The highest BCUT2D eigenvalue weighted by molar-refractivity contribution is 5.66. The van der Waals surface area contributed by atoms with Crippen molar-refractivity contribution in [2.24, 2.45) is 11.8 Å². The fourth-order valence-corrected chi connectivity index (χ4v) is 5.94. The number of aliphatic carboxylic acids is 1. The molecule has 1 N–H and O–H groups in total. The second kappa shape index (κ2) is 11.9. The largest absolute Gasteiger partial charge is 0.481 e. The molecule has 0 aromatic heterocycles. The maximum atomic E-state index is 13.7. The summed E-state index contributed by atoms with van der Waals surface area (Å²) in [5, 5.41) is 8.81. The van der Waals surface area contributed by atoms with Crippen LogP contribution < -0.4 is 0 Å². The maximum absolute atomic E-state index is 13.7. The molecule has 1 heterocycles. The minimum atomic E-state index is -4.99. The number of rotatable bonds is 11. The number of alkyl halides is 6. The van der Waals surface area contributed by atoms with Gasteiger partial charge in [-0.05, 0) is 67.0 Å². The summed E-state index contributed by atoms with van der Waals surface area (Å²) < 4.78 is 105. The van der Waals surface area contributed by atoms with Crippen molar-refractivity contribution >= 4 is 5.97 Å². The molecule has 2 bridgehead atoms. The van der Waals surface area contributed by atoms with Crippen LogP contribution in [0.1, 0.15) is 54.4 Å². The van der Waals surface area contributed by atoms with Gasteiger partial charge in [-0.15, -0.1) is 0 Å². The molecule has 0 unspecified atom stereocenters. The molecule has 1 aliphatic heterocycles. The van der Waals surface area contributed by atoms with Gasteiger partial charge in [-0.1, -0.05) is 30.4 Å². The Morgan fingerprint density at radius 1 is 1.05 bits per heavy atom. The predicted molar refractivity (Wildman–Crippen MR) is 131 cm³/mol. The molecule has 1 aliphatic carbocycles. The zero-order chi connectivity index (χ0) is 29.1. The highest BCUT2D eigenvalue weighted by Crippen LogP contribution is 2.56. The van der Waals surface area contributed by atoms with Crippen LogP contribution >= 0.6 is 0 Å². The molecule has 4 nitrogen and oxygen atoms in total. The average molecular weight is 575 g/mol. The number of ether oxygens (including phenoxy) is 2. The molecule has 11 heteroatoms. The van der Waals surface area contributed by atoms with Gasteiger partial charge in [0.05, 0.1) is 37.1 Å². The van der Waals surface area contributed by atoms with Gasteiger partial charge in [0.2, 0.25) is 0 Å². The van der Waals surface area contributed by atoms with Crippen molar-refractivity contribution in [1.82, 2.24) is 0 Å². The van der Waals surface area contributed by atoms with Gasteiger partial charge < -0.3 is 14.6 Å². The summed E-state index contributed by atoms with van der Waals surface area (Å²) >= 11 is 0. The third-order valence-electron chi connectivity index (χ3n) is 7.87. The van der Waals surface area contributed by atoms with E-state index in [0.29, 0.717) is 38.4 Å². The number of allylic oxidation sites excluding steroid dienone is 2. The van der Waals surface area contributed by atoms with E-state index in [0.717, 1.165) is 11.6 Å². The first kappa shape index (κ1) is 30.0. The van der Waals surface area contributed by atoms with Crippen molar-refractivity contribution in [3.05, 3.63) is 82.7 Å². The number of benzene rings is 2. The average Bonchev–Trinajstić information content (AvgIpc) is 3.43. The fourth-order valence-electron chi connectivity index (χ4n) is 5.94. The number of hydrogen-bond acceptors (Lipinski definition) is 3. The second-order valence-corrected chi connectivity index (χ2v) is 10.4. The molecule has 4 atom stereocenters. The fraction of sp³-hybridized carbons (Fsp3) is 0.483. The molecule has 1 saturated carbocycles. The van der Waals surface area contributed by atoms with Gasteiger partial charge in [0.15, 0.2) is 0 Å². The van der Waals surface area contributed by atoms with Gasteiger partial charge in [0.1, 0.15) is 5.82 Å². The Kier molecular flexibility index (Phi) is 8.94. The van der Waals surface area contributed by atoms with Gasteiger partial charge in [-0.3, -0.25) is 4.79 Å². The monoisotopic (exact) mass is 574 g/mol. The number of carboxylic acid groups (broad SMARTS) is 1. The van der Waals surface area contributed by atoms with Gasteiger partial charge >= 0.3 is 18.3 Å². The maximum Gasteiger partial charge on any atom is 0.416 e. The number of halogens is 7. The highest BCUT2D eigenvalue weighted by Gasteiger charge is 2.59. The lowest BCUT2D eigenvalue weighted by Gasteiger charge is -2.39. The van der Waals surface area contributed by atoms with Crippen LogP contribution in [0.4, 0.5) is 30.7 Å². The molecular formula is C29H29F7O4. The number of hydrogen-bond donors (Lipinski definition) is 1. The molecule has 2 aliphatic rings. The van der Waals surface area contributed by atoms with Crippen molar-refractivity contribution in [2.75, 3.05) is 13.2 Å². The second-order valence-electron chi connectivity index (χ2n) is 10.4. The summed E-state index contributed by atoms with van der Waals surface area (Å²) in [6.07, 6.45) is -4.06. The molecule has 2 fully saturated rings. The lowest BCUT2D eigenvalue weighted by Crippen LogP contribution is -2.41. The lowest BCUT2D eigenvalue weighted by molar-refractivity contribution is -0.144. The molecule has 2 aromatic rings. The Balaban J connectivity index is 1.51. The van der Waals surface area contributed by atoms with Crippen LogP contribution in [0.25, 0.3) is 0 Å². The van der Waals surface area contributed by atoms with E-state index in [1.807, 2.05) is 12.2 Å². The van der Waals surface area contributed by atoms with E-state index in [1.165, 1.54) is 12.1 Å². The van der Waals surface area contributed by atoms with Crippen molar-refractivity contribution in [1.29, 1.82) is 0 Å². The van der Waals surface area contributed by atoms with Crippen molar-refractivity contribution in [3.8, 4) is 0 Å². The first-order valence-electron chi connectivity index (χ1n) is 12.9. The van der Waals surface area contributed by atoms with Crippen LogP contribution in [0.15, 0.2) is 54.6 Å². The molecule has 218 valence electrons. The summed E-state index contributed by atoms with van der Waals surface area (Å²) in [6.45, 7) is -0.130. The molecular weight excluding hydrogens is 545 g/mol. The third kappa shape index (κ3) is 6.68. The number of unbranched alkanes of at least 4 members (excludes halogenated alkanes) is 1. The Hall–Kier alpha value is -2.92. The minimum absolute atomic E-state index is 0.0173. The van der Waals surface area contributed by atoms with E-state index in [4.69, 9.17) is 14.6 Å². The smallest absolute Gasteiger partial charge is 0.416 e. The zero-order valence-electron chi connectivity index (χ0n) is 21.4. The normalized spacial score (nSPS) is 24.7. The Morgan fingerprint density at radius 2 is 1.77 bits per heavy atom. The summed E-state index contributed by atoms with van der Waals surface area (Å²) in [4.78, 5) is 10.7. The SMILES string of the molecule is O=C(O)CCC/C=C\C[C@H]1[C@H](COCc2ccc(C(F)(F)F)cc2C(F)(F)F)[C@@H]2C[C@@]1(c1ccc(F)cc1)CO2. The molecule has 40 heavy (non-hydrogen) atoms. The van der Waals surface area contributed by atoms with Crippen LogP contribution in [0, 0.1) is 17.7 Å². The number of carbonyl (C=O) groups is 1. The van der Waals surface area contributed by atoms with Crippen LogP contribution in [0.3, 0.4) is 0 Å². The summed E-state index contributed by atoms with van der Waals surface area (Å²) in [5.41, 5.74) is -2.77. The van der Waals surface area contributed by atoms with Gasteiger partial charge in [-0.25, -0.2) is 4.39 Å². The molecule has 1 saturated heterocycles. The summed E-state index contributed by atoms with van der Waals surface area (Å²) in [7, 11) is 0. The standard InChI is InChI=1S/C29H29F7O4/c30-21-11-9-19(10-12-21)27-14-25(40-17-27)22(23(27)5-3-1-2-4-6-26(37)38)16-39-15-18-7-8-20(28(31,32)33)13-24(18)29(34,35)36/h1,3,7-13,22-23,25H,2,4-6,14-17H2,(H,37,38)/b3-1-/t22-,23-,25-,27-/m0/s1. The van der Waals surface area contributed by atoms with E-state index in [1.54, 1.807) is 12.1 Å². The molecule has 0 amide bonds. The van der Waals surface area contributed by atoms with Crippen LogP contribution in [0.5, 0.6) is 0 Å². The van der Waals surface area contributed by atoms with E-state index >= 15 is 0 Å². The van der Waals surface area contributed by atoms with E-state index in [9.17, 15) is 35.5 Å². The van der Waals surface area contributed by atoms with Gasteiger partial charge in [0, 0.05) is 17.8 Å². The van der Waals surface area contributed by atoms with Crippen LogP contribution in [0.2, 0.25) is 0 Å².